The number of aliphatic hydroxyl groups excluding tert-OH is 4. The van der Waals surface area contributed by atoms with E-state index in [2.05, 4.69) is 0 Å². The van der Waals surface area contributed by atoms with Crippen molar-refractivity contribution in [3.05, 3.63) is 75.5 Å². The SMILES string of the molecule is C/C(=C\C=C\[C@H](C)[C@H](O)[C@@H](C)[C@@H](O)[C@@H](C)[C@H](O)[C@H](C)[C@@H](O)C(C)/C=C(\C)C(=O)c1c(O)c(C)cc2c1C(=O)C=C(N)C2=O)C(=O)O. The zero-order valence-electron chi connectivity index (χ0n) is 27.6. The van der Waals surface area contributed by atoms with Gasteiger partial charge in [0.05, 0.1) is 35.7 Å². The van der Waals surface area contributed by atoms with Crippen LogP contribution in [-0.2, 0) is 4.79 Å². The summed E-state index contributed by atoms with van der Waals surface area (Å²) in [4.78, 5) is 49.9. The summed E-state index contributed by atoms with van der Waals surface area (Å²) in [5, 5.41) is 63.8. The van der Waals surface area contributed by atoms with Gasteiger partial charge in [-0.3, -0.25) is 14.4 Å². The summed E-state index contributed by atoms with van der Waals surface area (Å²) < 4.78 is 0. The number of phenolic OH excluding ortho intramolecular Hbond substituents is 1. The third-order valence-corrected chi connectivity index (χ3v) is 9.04. The van der Waals surface area contributed by atoms with Crippen molar-refractivity contribution in [2.24, 2.45) is 35.3 Å². The molecule has 1 aliphatic carbocycles. The van der Waals surface area contributed by atoms with Gasteiger partial charge in [0, 0.05) is 52.4 Å². The second-order valence-electron chi connectivity index (χ2n) is 12.6. The number of benzene rings is 1. The minimum absolute atomic E-state index is 0.0799. The maximum atomic E-state index is 13.5. The average molecular weight is 642 g/mol. The number of aryl methyl sites for hydroxylation is 1. The van der Waals surface area contributed by atoms with Crippen LogP contribution in [0.25, 0.3) is 0 Å². The number of phenols is 1. The molecule has 0 saturated carbocycles. The van der Waals surface area contributed by atoms with Crippen LogP contribution in [0.1, 0.15) is 85.1 Å². The molecule has 0 radical (unpaired) electrons. The molecule has 11 nitrogen and oxygen atoms in total. The van der Waals surface area contributed by atoms with Crippen molar-refractivity contribution in [1.29, 1.82) is 0 Å². The number of ketones is 3. The molecule has 2 rings (SSSR count). The van der Waals surface area contributed by atoms with Gasteiger partial charge in [0.25, 0.3) is 0 Å². The van der Waals surface area contributed by atoms with Crippen LogP contribution >= 0.6 is 0 Å². The normalized spacial score (nSPS) is 20.2. The van der Waals surface area contributed by atoms with Gasteiger partial charge < -0.3 is 36.4 Å². The smallest absolute Gasteiger partial charge is 0.331 e. The molecule has 0 bridgehead atoms. The highest BCUT2D eigenvalue weighted by Gasteiger charge is 2.38. The number of aliphatic carboxylic acids is 1. The predicted molar refractivity (Wildman–Crippen MR) is 172 cm³/mol. The van der Waals surface area contributed by atoms with Crippen LogP contribution in [-0.4, -0.2) is 78.4 Å². The molecular formula is C35H47NO10. The van der Waals surface area contributed by atoms with E-state index >= 15 is 0 Å². The number of aliphatic hydroxyl groups is 4. The Morgan fingerprint density at radius 3 is 1.85 bits per heavy atom. The molecule has 1 aromatic carbocycles. The van der Waals surface area contributed by atoms with Gasteiger partial charge in [-0.05, 0) is 38.0 Å². The van der Waals surface area contributed by atoms with E-state index in [-0.39, 0.29) is 39.1 Å². The number of allylic oxidation sites excluding steroid dienone is 5. The molecule has 0 aliphatic heterocycles. The number of hydrogen-bond donors (Lipinski definition) is 7. The van der Waals surface area contributed by atoms with E-state index in [0.717, 1.165) is 6.08 Å². The summed E-state index contributed by atoms with van der Waals surface area (Å²) in [5.74, 6) is -6.96. The molecule has 0 spiro atoms. The fourth-order valence-electron chi connectivity index (χ4n) is 5.75. The van der Waals surface area contributed by atoms with Crippen molar-refractivity contribution in [3.8, 4) is 5.75 Å². The van der Waals surface area contributed by atoms with Crippen molar-refractivity contribution in [1.82, 2.24) is 0 Å². The minimum atomic E-state index is -1.22. The van der Waals surface area contributed by atoms with Crippen molar-refractivity contribution < 1.29 is 49.8 Å². The molecule has 0 aromatic heterocycles. The molecule has 1 unspecified atom stereocenters. The fraction of sp³-hybridized carbons (Fsp3) is 0.486. The van der Waals surface area contributed by atoms with E-state index in [1.54, 1.807) is 40.7 Å². The van der Waals surface area contributed by atoms with Crippen molar-refractivity contribution >= 4 is 23.3 Å². The van der Waals surface area contributed by atoms with E-state index in [1.807, 2.05) is 0 Å². The Labute approximate surface area is 269 Å². The predicted octanol–water partition coefficient (Wildman–Crippen LogP) is 3.26. The van der Waals surface area contributed by atoms with Gasteiger partial charge in [-0.25, -0.2) is 4.79 Å². The van der Waals surface area contributed by atoms with E-state index in [4.69, 9.17) is 10.8 Å². The maximum Gasteiger partial charge on any atom is 0.331 e. The van der Waals surface area contributed by atoms with E-state index in [1.165, 1.54) is 45.1 Å². The molecule has 0 heterocycles. The molecule has 11 heteroatoms. The minimum Gasteiger partial charge on any atom is -0.507 e. The van der Waals surface area contributed by atoms with Crippen LogP contribution in [0.4, 0.5) is 0 Å². The Kier molecular flexibility index (Phi) is 13.0. The first-order valence-corrected chi connectivity index (χ1v) is 15.2. The molecule has 46 heavy (non-hydrogen) atoms. The van der Waals surface area contributed by atoms with Crippen molar-refractivity contribution in [2.75, 3.05) is 0 Å². The molecule has 1 aromatic rings. The van der Waals surface area contributed by atoms with Gasteiger partial charge in [-0.15, -0.1) is 0 Å². The first-order valence-electron chi connectivity index (χ1n) is 15.2. The summed E-state index contributed by atoms with van der Waals surface area (Å²) >= 11 is 0. The van der Waals surface area contributed by atoms with Crippen LogP contribution in [0, 0.1) is 36.5 Å². The molecule has 0 fully saturated rings. The Morgan fingerprint density at radius 1 is 0.826 bits per heavy atom. The van der Waals surface area contributed by atoms with Gasteiger partial charge in [-0.2, -0.15) is 0 Å². The lowest BCUT2D eigenvalue weighted by molar-refractivity contribution is -0.132. The molecule has 0 saturated heterocycles. The number of nitrogens with two attached hydrogens (primary N) is 1. The number of carbonyl (C=O) groups excluding carboxylic acids is 3. The van der Waals surface area contributed by atoms with Crippen LogP contribution in [0.3, 0.4) is 0 Å². The zero-order chi connectivity index (χ0) is 35.4. The summed E-state index contributed by atoms with van der Waals surface area (Å²) in [6.07, 6.45) is 2.32. The number of aromatic hydroxyl groups is 1. The second kappa shape index (κ2) is 15.6. The number of rotatable bonds is 14. The van der Waals surface area contributed by atoms with Crippen molar-refractivity contribution in [2.45, 2.75) is 79.8 Å². The number of carboxylic acid groups (broad SMARTS) is 1. The summed E-state index contributed by atoms with van der Waals surface area (Å²) in [6, 6.07) is 1.31. The van der Waals surface area contributed by atoms with E-state index < -0.39 is 83.1 Å². The second-order valence-corrected chi connectivity index (χ2v) is 12.6. The standard InChI is InChI=1S/C35H47NO10/c1-15(10-9-11-16(2)35(45)46)28(38)20(6)32(42)22(8)33(43)21(7)29(39)17(3)12-18(4)30(40)27-26-23(13-19(5)31(27)41)34(44)24(36)14-25(26)37/h9-15,17,20-22,28-29,32-33,38-39,41-43H,36H2,1-8H3,(H,45,46)/b10-9+,16-11+,18-12+/t15-,17?,20+,21+,22+,28-,29-,32+,33+/m0/s1. The Bertz CT molecular complexity index is 1490. The largest absolute Gasteiger partial charge is 0.507 e. The van der Waals surface area contributed by atoms with Crippen LogP contribution in [0.5, 0.6) is 5.75 Å². The molecular weight excluding hydrogens is 594 g/mol. The van der Waals surface area contributed by atoms with E-state index in [0.29, 0.717) is 0 Å². The van der Waals surface area contributed by atoms with Crippen LogP contribution in [0.15, 0.2) is 53.3 Å². The van der Waals surface area contributed by atoms with Gasteiger partial charge >= 0.3 is 5.97 Å². The molecule has 252 valence electrons. The van der Waals surface area contributed by atoms with Gasteiger partial charge in [0.1, 0.15) is 5.75 Å². The molecule has 0 amide bonds. The van der Waals surface area contributed by atoms with E-state index in [9.17, 15) is 44.7 Å². The third kappa shape index (κ3) is 8.27. The number of Topliss-reactive ketones (excluding diaryl/α,β-unsaturated/α-hetero) is 2. The number of fused-ring (bicyclic) bond motifs is 1. The first-order chi connectivity index (χ1) is 21.2. The van der Waals surface area contributed by atoms with Gasteiger partial charge in [0.2, 0.25) is 5.78 Å². The quantitative estimate of drug-likeness (QED) is 0.0889. The highest BCUT2D eigenvalue weighted by molar-refractivity contribution is 6.29. The Morgan fingerprint density at radius 2 is 1.33 bits per heavy atom. The highest BCUT2D eigenvalue weighted by Crippen LogP contribution is 2.35. The Balaban J connectivity index is 2.21. The van der Waals surface area contributed by atoms with Gasteiger partial charge in [0.15, 0.2) is 11.6 Å². The number of carbonyl (C=O) groups is 4. The lowest BCUT2D eigenvalue weighted by atomic mass is 9.77. The molecule has 9 atom stereocenters. The number of hydrogen-bond acceptors (Lipinski definition) is 10. The zero-order valence-corrected chi connectivity index (χ0v) is 27.6. The fourth-order valence-corrected chi connectivity index (χ4v) is 5.75. The van der Waals surface area contributed by atoms with Crippen LogP contribution in [0.2, 0.25) is 0 Å². The molecule has 8 N–H and O–H groups in total. The Hall–Kier alpha value is -3.90. The first kappa shape index (κ1) is 38.3. The third-order valence-electron chi connectivity index (χ3n) is 9.04. The molecule has 1 aliphatic rings. The summed E-state index contributed by atoms with van der Waals surface area (Å²) in [5.41, 5.74) is 5.15. The number of carboxylic acids is 1. The van der Waals surface area contributed by atoms with Crippen LogP contribution < -0.4 is 5.73 Å². The lowest BCUT2D eigenvalue weighted by Gasteiger charge is -2.36. The lowest BCUT2D eigenvalue weighted by Crippen LogP contribution is -2.45. The van der Waals surface area contributed by atoms with Gasteiger partial charge in [-0.1, -0.05) is 58.9 Å². The van der Waals surface area contributed by atoms with Crippen molar-refractivity contribution in [3.63, 3.8) is 0 Å². The summed E-state index contributed by atoms with van der Waals surface area (Å²) in [7, 11) is 0. The maximum absolute atomic E-state index is 13.5. The highest BCUT2D eigenvalue weighted by atomic mass is 16.4. The summed E-state index contributed by atoms with van der Waals surface area (Å²) in [6.45, 7) is 12.5. The monoisotopic (exact) mass is 641 g/mol. The average Bonchev–Trinajstić information content (AvgIpc) is 3.01. The topological polar surface area (TPSA) is 216 Å².